The molecule has 1 fully saturated rings. The largest absolute Gasteiger partial charge is 0.477 e. The van der Waals surface area contributed by atoms with E-state index in [1.165, 1.54) is 12.8 Å². The Morgan fingerprint density at radius 2 is 2.29 bits per heavy atom. The number of pyridine rings is 1. The number of rotatable bonds is 6. The summed E-state index contributed by atoms with van der Waals surface area (Å²) in [6, 6.07) is 3.76. The van der Waals surface area contributed by atoms with Crippen molar-refractivity contribution in [3.8, 4) is 5.88 Å². The van der Waals surface area contributed by atoms with Gasteiger partial charge in [0.25, 0.3) is 5.91 Å². The molecule has 2 aromatic heterocycles. The van der Waals surface area contributed by atoms with Gasteiger partial charge in [-0.1, -0.05) is 6.07 Å². The van der Waals surface area contributed by atoms with E-state index in [1.807, 2.05) is 12.1 Å². The first-order valence-electron chi connectivity index (χ1n) is 7.05. The van der Waals surface area contributed by atoms with Crippen LogP contribution in [0.5, 0.6) is 5.88 Å². The maximum atomic E-state index is 11.9. The van der Waals surface area contributed by atoms with E-state index in [0.29, 0.717) is 23.9 Å². The Balaban J connectivity index is 1.49. The first kappa shape index (κ1) is 13.6. The van der Waals surface area contributed by atoms with Gasteiger partial charge >= 0.3 is 0 Å². The second-order valence-electron chi connectivity index (χ2n) is 5.34. The Kier molecular flexibility index (Phi) is 3.85. The van der Waals surface area contributed by atoms with Gasteiger partial charge in [0.15, 0.2) is 0 Å². The molecule has 1 amide bonds. The van der Waals surface area contributed by atoms with Crippen molar-refractivity contribution < 1.29 is 9.53 Å². The molecular formula is C15H18N4O2. The average Bonchev–Trinajstić information content (AvgIpc) is 3.23. The van der Waals surface area contributed by atoms with Crippen molar-refractivity contribution in [2.75, 3.05) is 6.61 Å². The van der Waals surface area contributed by atoms with Gasteiger partial charge in [-0.2, -0.15) is 5.10 Å². The van der Waals surface area contributed by atoms with Crippen LogP contribution in [-0.4, -0.2) is 27.3 Å². The number of amides is 1. The highest BCUT2D eigenvalue weighted by molar-refractivity contribution is 5.93. The summed E-state index contributed by atoms with van der Waals surface area (Å²) in [6.07, 6.45) is 7.48. The highest BCUT2D eigenvalue weighted by atomic mass is 16.5. The summed E-state index contributed by atoms with van der Waals surface area (Å²) < 4.78 is 7.17. The molecule has 0 aliphatic heterocycles. The molecule has 1 N–H and O–H groups in total. The van der Waals surface area contributed by atoms with E-state index >= 15 is 0 Å². The van der Waals surface area contributed by atoms with E-state index < -0.39 is 0 Å². The van der Waals surface area contributed by atoms with Crippen molar-refractivity contribution in [3.63, 3.8) is 0 Å². The minimum Gasteiger partial charge on any atom is -0.477 e. The number of nitrogens with one attached hydrogen (secondary N) is 1. The third kappa shape index (κ3) is 3.81. The molecule has 0 radical (unpaired) electrons. The summed E-state index contributed by atoms with van der Waals surface area (Å²) in [5, 5.41) is 6.81. The highest BCUT2D eigenvalue weighted by Gasteiger charge is 2.22. The molecule has 3 rings (SSSR count). The van der Waals surface area contributed by atoms with Crippen LogP contribution in [-0.2, 0) is 13.6 Å². The smallest absolute Gasteiger partial charge is 0.254 e. The predicted octanol–water partition coefficient (Wildman–Crippen LogP) is 1.53. The van der Waals surface area contributed by atoms with E-state index in [9.17, 15) is 4.79 Å². The lowest BCUT2D eigenvalue weighted by Gasteiger charge is -2.06. The van der Waals surface area contributed by atoms with E-state index in [-0.39, 0.29) is 5.91 Å². The maximum Gasteiger partial charge on any atom is 0.254 e. The fourth-order valence-electron chi connectivity index (χ4n) is 1.91. The van der Waals surface area contributed by atoms with Crippen LogP contribution in [0.2, 0.25) is 0 Å². The topological polar surface area (TPSA) is 69.0 Å². The van der Waals surface area contributed by atoms with Gasteiger partial charge < -0.3 is 10.1 Å². The lowest BCUT2D eigenvalue weighted by molar-refractivity contribution is 0.0951. The number of aryl methyl sites for hydroxylation is 1. The molecule has 2 heterocycles. The van der Waals surface area contributed by atoms with Crippen LogP contribution in [0.3, 0.4) is 0 Å². The number of ether oxygens (including phenoxy) is 1. The number of carbonyl (C=O) groups excluding carboxylic acids is 1. The van der Waals surface area contributed by atoms with E-state index in [0.717, 1.165) is 12.2 Å². The molecule has 6 nitrogen and oxygen atoms in total. The lowest BCUT2D eigenvalue weighted by atomic mass is 10.2. The Morgan fingerprint density at radius 3 is 2.90 bits per heavy atom. The van der Waals surface area contributed by atoms with Gasteiger partial charge in [-0.15, -0.1) is 0 Å². The van der Waals surface area contributed by atoms with Crippen LogP contribution < -0.4 is 10.1 Å². The standard InChI is InChI=1S/C15H18N4O2/c1-19-9-13(8-18-19)15(20)17-7-12-4-5-14(16-6-12)21-10-11-2-3-11/h4-6,8-9,11H,2-3,7,10H2,1H3,(H,17,20). The highest BCUT2D eigenvalue weighted by Crippen LogP contribution is 2.29. The fraction of sp³-hybridized carbons (Fsp3) is 0.400. The molecule has 0 atom stereocenters. The third-order valence-electron chi connectivity index (χ3n) is 3.38. The molecule has 1 saturated carbocycles. The van der Waals surface area contributed by atoms with Crippen molar-refractivity contribution in [1.29, 1.82) is 0 Å². The van der Waals surface area contributed by atoms with Gasteiger partial charge in [0.05, 0.1) is 18.4 Å². The summed E-state index contributed by atoms with van der Waals surface area (Å²) in [5.41, 5.74) is 1.49. The number of nitrogens with zero attached hydrogens (tertiary/aromatic N) is 3. The normalized spacial score (nSPS) is 14.0. The quantitative estimate of drug-likeness (QED) is 0.874. The minimum absolute atomic E-state index is 0.142. The molecule has 0 unspecified atom stereocenters. The van der Waals surface area contributed by atoms with Gasteiger partial charge in [-0.3, -0.25) is 9.48 Å². The van der Waals surface area contributed by atoms with Crippen LogP contribution in [0.15, 0.2) is 30.7 Å². The van der Waals surface area contributed by atoms with Crippen LogP contribution in [0.1, 0.15) is 28.8 Å². The third-order valence-corrected chi connectivity index (χ3v) is 3.38. The predicted molar refractivity (Wildman–Crippen MR) is 76.8 cm³/mol. The Bertz CT molecular complexity index is 617. The zero-order valence-electron chi connectivity index (χ0n) is 12.0. The van der Waals surface area contributed by atoms with Crippen molar-refractivity contribution >= 4 is 5.91 Å². The van der Waals surface area contributed by atoms with Gasteiger partial charge in [-0.05, 0) is 24.3 Å². The molecule has 1 aliphatic carbocycles. The van der Waals surface area contributed by atoms with Crippen LogP contribution in [0.25, 0.3) is 0 Å². The second kappa shape index (κ2) is 5.95. The monoisotopic (exact) mass is 286 g/mol. The SMILES string of the molecule is Cn1cc(C(=O)NCc2ccc(OCC3CC3)nc2)cn1. The Morgan fingerprint density at radius 1 is 1.43 bits per heavy atom. The summed E-state index contributed by atoms with van der Waals surface area (Å²) >= 11 is 0. The second-order valence-corrected chi connectivity index (χ2v) is 5.34. The average molecular weight is 286 g/mol. The molecule has 1 aliphatic rings. The van der Waals surface area contributed by atoms with E-state index in [2.05, 4.69) is 15.4 Å². The lowest BCUT2D eigenvalue weighted by Crippen LogP contribution is -2.22. The molecule has 0 saturated heterocycles. The fourth-order valence-corrected chi connectivity index (χ4v) is 1.91. The summed E-state index contributed by atoms with van der Waals surface area (Å²) in [6.45, 7) is 1.19. The van der Waals surface area contributed by atoms with Crippen LogP contribution >= 0.6 is 0 Å². The van der Waals surface area contributed by atoms with Crippen molar-refractivity contribution in [3.05, 3.63) is 41.9 Å². The minimum atomic E-state index is -0.142. The van der Waals surface area contributed by atoms with Gasteiger partial charge in [0.2, 0.25) is 5.88 Å². The van der Waals surface area contributed by atoms with Crippen molar-refractivity contribution in [2.24, 2.45) is 13.0 Å². The number of hydrogen-bond acceptors (Lipinski definition) is 4. The molecule has 0 bridgehead atoms. The van der Waals surface area contributed by atoms with Gasteiger partial charge in [0.1, 0.15) is 0 Å². The zero-order chi connectivity index (χ0) is 14.7. The molecular weight excluding hydrogens is 268 g/mol. The summed E-state index contributed by atoms with van der Waals surface area (Å²) in [4.78, 5) is 16.1. The Labute approximate surface area is 123 Å². The van der Waals surface area contributed by atoms with E-state index in [4.69, 9.17) is 4.74 Å². The van der Waals surface area contributed by atoms with Gasteiger partial charge in [-0.25, -0.2) is 4.98 Å². The zero-order valence-corrected chi connectivity index (χ0v) is 12.0. The number of aromatic nitrogens is 3. The number of carbonyl (C=O) groups is 1. The first-order chi connectivity index (χ1) is 10.2. The Hall–Kier alpha value is -2.37. The number of hydrogen-bond donors (Lipinski definition) is 1. The maximum absolute atomic E-state index is 11.9. The molecule has 0 spiro atoms. The summed E-state index contributed by atoms with van der Waals surface area (Å²) in [7, 11) is 1.78. The van der Waals surface area contributed by atoms with Gasteiger partial charge in [0, 0.05) is 32.1 Å². The summed E-state index contributed by atoms with van der Waals surface area (Å²) in [5.74, 6) is 1.21. The van der Waals surface area contributed by atoms with Crippen LogP contribution in [0.4, 0.5) is 0 Å². The molecule has 6 heteroatoms. The molecule has 2 aromatic rings. The molecule has 21 heavy (non-hydrogen) atoms. The van der Waals surface area contributed by atoms with Crippen molar-refractivity contribution in [2.45, 2.75) is 19.4 Å². The van der Waals surface area contributed by atoms with E-state index in [1.54, 1.807) is 30.3 Å². The van der Waals surface area contributed by atoms with Crippen molar-refractivity contribution in [1.82, 2.24) is 20.1 Å². The molecule has 0 aromatic carbocycles. The first-order valence-corrected chi connectivity index (χ1v) is 7.05. The molecule has 110 valence electrons. The van der Waals surface area contributed by atoms with Crippen LogP contribution in [0, 0.1) is 5.92 Å².